The van der Waals surface area contributed by atoms with Crippen LogP contribution in [0.2, 0.25) is 5.02 Å². The molecule has 0 atom stereocenters. The van der Waals surface area contributed by atoms with Crippen LogP contribution < -0.4 is 14.9 Å². The van der Waals surface area contributed by atoms with Crippen LogP contribution in [0.15, 0.2) is 52.9 Å². The molecule has 8 heteroatoms. The molecule has 3 rings (SSSR count). The molecular formula is C19H16ClN3O3S. The number of nitrogens with zero attached hydrogens (tertiary/aromatic N) is 2. The lowest BCUT2D eigenvalue weighted by Crippen LogP contribution is -2.04. The number of carbonyl (C=O) groups excluding carboxylic acids is 1. The monoisotopic (exact) mass is 401 g/mol. The zero-order chi connectivity index (χ0) is 19.2. The summed E-state index contributed by atoms with van der Waals surface area (Å²) in [5.41, 5.74) is 5.50. The molecule has 6 nitrogen and oxygen atoms in total. The summed E-state index contributed by atoms with van der Waals surface area (Å²) in [4.78, 5) is 15.7. The van der Waals surface area contributed by atoms with E-state index in [-0.39, 0.29) is 10.8 Å². The Hall–Kier alpha value is -2.90. The average molecular weight is 402 g/mol. The van der Waals surface area contributed by atoms with Gasteiger partial charge in [-0.3, -0.25) is 10.2 Å². The summed E-state index contributed by atoms with van der Waals surface area (Å²) in [7, 11) is 1.47. The van der Waals surface area contributed by atoms with E-state index in [0.717, 1.165) is 11.3 Å². The summed E-state index contributed by atoms with van der Waals surface area (Å²) >= 11 is 7.63. The highest BCUT2D eigenvalue weighted by Crippen LogP contribution is 2.36. The second-order valence-electron chi connectivity index (χ2n) is 5.40. The van der Waals surface area contributed by atoms with Gasteiger partial charge in [0, 0.05) is 17.9 Å². The first-order chi connectivity index (χ1) is 13.1. The van der Waals surface area contributed by atoms with Crippen molar-refractivity contribution in [2.45, 2.75) is 6.92 Å². The Balaban J connectivity index is 1.72. The van der Waals surface area contributed by atoms with Crippen LogP contribution in [0.25, 0.3) is 11.3 Å². The number of anilines is 1. The highest BCUT2D eigenvalue weighted by molar-refractivity contribution is 7.14. The van der Waals surface area contributed by atoms with E-state index in [9.17, 15) is 4.79 Å². The molecule has 0 unspecified atom stereocenters. The summed E-state index contributed by atoms with van der Waals surface area (Å²) in [6.07, 6.45) is 1.58. The van der Waals surface area contributed by atoms with Crippen LogP contribution in [-0.4, -0.2) is 24.3 Å². The molecule has 2 aromatic carbocycles. The second kappa shape index (κ2) is 8.66. The number of rotatable bonds is 6. The van der Waals surface area contributed by atoms with Gasteiger partial charge in [0.1, 0.15) is 0 Å². The van der Waals surface area contributed by atoms with Crippen molar-refractivity contribution in [1.29, 1.82) is 0 Å². The van der Waals surface area contributed by atoms with Crippen molar-refractivity contribution in [2.75, 3.05) is 12.5 Å². The highest BCUT2D eigenvalue weighted by atomic mass is 35.5. The quantitative estimate of drug-likeness (QED) is 0.277. The number of hydrogen-bond donors (Lipinski definition) is 1. The molecule has 0 bridgehead atoms. The normalized spacial score (nSPS) is 10.8. The maximum absolute atomic E-state index is 11.2. The molecule has 138 valence electrons. The number of esters is 1. The fourth-order valence-corrected chi connectivity index (χ4v) is 3.21. The molecule has 0 aliphatic rings. The van der Waals surface area contributed by atoms with Crippen LogP contribution in [0.1, 0.15) is 12.5 Å². The van der Waals surface area contributed by atoms with E-state index in [1.165, 1.54) is 25.4 Å². The number of hydrogen-bond acceptors (Lipinski definition) is 7. The van der Waals surface area contributed by atoms with Gasteiger partial charge < -0.3 is 9.47 Å². The maximum atomic E-state index is 11.2. The SMILES string of the molecule is COc1cc(C=NNc2nc(-c3ccccc3)cs2)cc(Cl)c1OC(C)=O. The molecule has 0 aliphatic heterocycles. The lowest BCUT2D eigenvalue weighted by molar-refractivity contribution is -0.132. The number of benzene rings is 2. The minimum absolute atomic E-state index is 0.184. The van der Waals surface area contributed by atoms with Gasteiger partial charge in [-0.05, 0) is 17.7 Å². The van der Waals surface area contributed by atoms with Gasteiger partial charge in [0.15, 0.2) is 11.5 Å². The third-order valence-corrected chi connectivity index (χ3v) is 4.47. The smallest absolute Gasteiger partial charge is 0.308 e. The third-order valence-electron chi connectivity index (χ3n) is 3.45. The van der Waals surface area contributed by atoms with Crippen LogP contribution in [0.4, 0.5) is 5.13 Å². The molecular weight excluding hydrogens is 386 g/mol. The van der Waals surface area contributed by atoms with Crippen LogP contribution >= 0.6 is 22.9 Å². The first-order valence-electron chi connectivity index (χ1n) is 7.93. The van der Waals surface area contributed by atoms with Crippen molar-refractivity contribution in [3.8, 4) is 22.8 Å². The molecule has 1 aromatic heterocycles. The Kier molecular flexibility index (Phi) is 6.05. The molecule has 0 amide bonds. The van der Waals surface area contributed by atoms with Gasteiger partial charge in [0.2, 0.25) is 5.13 Å². The minimum Gasteiger partial charge on any atom is -0.493 e. The first-order valence-corrected chi connectivity index (χ1v) is 9.18. The summed E-state index contributed by atoms with van der Waals surface area (Å²) in [5.74, 6) is 0.0558. The number of thiazole rings is 1. The topological polar surface area (TPSA) is 72.8 Å². The largest absolute Gasteiger partial charge is 0.493 e. The Morgan fingerprint density at radius 3 is 2.78 bits per heavy atom. The summed E-state index contributed by atoms with van der Waals surface area (Å²) in [6.45, 7) is 1.30. The predicted octanol–water partition coefficient (Wildman–Crippen LogP) is 4.84. The van der Waals surface area contributed by atoms with Crippen molar-refractivity contribution in [3.05, 3.63) is 58.4 Å². The second-order valence-corrected chi connectivity index (χ2v) is 6.67. The van der Waals surface area contributed by atoms with E-state index in [2.05, 4.69) is 15.5 Å². The number of hydrazone groups is 1. The summed E-state index contributed by atoms with van der Waals surface area (Å²) in [6, 6.07) is 13.2. The number of ether oxygens (including phenoxy) is 2. The van der Waals surface area contributed by atoms with E-state index in [1.807, 2.05) is 35.7 Å². The van der Waals surface area contributed by atoms with Crippen molar-refractivity contribution in [2.24, 2.45) is 5.10 Å². The molecule has 1 N–H and O–H groups in total. The number of halogens is 1. The molecule has 0 fully saturated rings. The molecule has 0 saturated heterocycles. The fourth-order valence-electron chi connectivity index (χ4n) is 2.29. The van der Waals surface area contributed by atoms with E-state index in [1.54, 1.807) is 18.3 Å². The summed E-state index contributed by atoms with van der Waals surface area (Å²) in [5, 5.41) is 7.06. The highest BCUT2D eigenvalue weighted by Gasteiger charge is 2.13. The van der Waals surface area contributed by atoms with Crippen LogP contribution in [0.5, 0.6) is 11.5 Å². The maximum Gasteiger partial charge on any atom is 0.308 e. The van der Waals surface area contributed by atoms with Crippen molar-refractivity contribution < 1.29 is 14.3 Å². The zero-order valence-electron chi connectivity index (χ0n) is 14.6. The summed E-state index contributed by atoms with van der Waals surface area (Å²) < 4.78 is 10.3. The van der Waals surface area contributed by atoms with Gasteiger partial charge in [-0.2, -0.15) is 5.10 Å². The lowest BCUT2D eigenvalue weighted by Gasteiger charge is -2.10. The van der Waals surface area contributed by atoms with E-state index >= 15 is 0 Å². The van der Waals surface area contributed by atoms with Gasteiger partial charge >= 0.3 is 5.97 Å². The molecule has 0 spiro atoms. The molecule has 27 heavy (non-hydrogen) atoms. The Labute approximate surface area is 165 Å². The number of methoxy groups -OCH3 is 1. The van der Waals surface area contributed by atoms with Crippen molar-refractivity contribution in [3.63, 3.8) is 0 Å². The van der Waals surface area contributed by atoms with E-state index in [4.69, 9.17) is 21.1 Å². The minimum atomic E-state index is -0.476. The van der Waals surface area contributed by atoms with E-state index in [0.29, 0.717) is 16.4 Å². The number of aromatic nitrogens is 1. The lowest BCUT2D eigenvalue weighted by atomic mass is 10.2. The third kappa shape index (κ3) is 4.84. The van der Waals surface area contributed by atoms with Crippen LogP contribution in [0.3, 0.4) is 0 Å². The van der Waals surface area contributed by atoms with Gasteiger partial charge in [0.25, 0.3) is 0 Å². The first kappa shape index (κ1) is 18.9. The van der Waals surface area contributed by atoms with Crippen molar-refractivity contribution >= 4 is 40.3 Å². The van der Waals surface area contributed by atoms with Crippen molar-refractivity contribution in [1.82, 2.24) is 4.98 Å². The molecule has 0 aliphatic carbocycles. The van der Waals surface area contributed by atoms with Gasteiger partial charge in [-0.25, -0.2) is 4.98 Å². The standard InChI is InChI=1S/C19H16ClN3O3S/c1-12(24)26-18-15(20)8-13(9-17(18)25-2)10-21-23-19-22-16(11-27-19)14-6-4-3-5-7-14/h3-11H,1-2H3,(H,22,23). The predicted molar refractivity (Wildman–Crippen MR) is 108 cm³/mol. The van der Waals surface area contributed by atoms with Gasteiger partial charge in [-0.1, -0.05) is 41.9 Å². The van der Waals surface area contributed by atoms with Gasteiger partial charge in [0.05, 0.1) is 24.0 Å². The molecule has 1 heterocycles. The number of carbonyl (C=O) groups is 1. The number of nitrogens with one attached hydrogen (secondary N) is 1. The van der Waals surface area contributed by atoms with Crippen LogP contribution in [0, 0.1) is 0 Å². The van der Waals surface area contributed by atoms with Gasteiger partial charge in [-0.15, -0.1) is 11.3 Å². The molecule has 0 radical (unpaired) electrons. The van der Waals surface area contributed by atoms with E-state index < -0.39 is 5.97 Å². The van der Waals surface area contributed by atoms with Crippen LogP contribution in [-0.2, 0) is 4.79 Å². The molecule has 3 aromatic rings. The zero-order valence-corrected chi connectivity index (χ0v) is 16.2. The average Bonchev–Trinajstić information content (AvgIpc) is 3.13. The molecule has 0 saturated carbocycles. The fraction of sp³-hybridized carbons (Fsp3) is 0.105. The Morgan fingerprint density at radius 1 is 1.30 bits per heavy atom. The Bertz CT molecular complexity index is 974. The Morgan fingerprint density at radius 2 is 2.07 bits per heavy atom.